The fourth-order valence-corrected chi connectivity index (χ4v) is 2.04. The van der Waals surface area contributed by atoms with Crippen molar-refractivity contribution < 1.29 is 9.47 Å². The van der Waals surface area contributed by atoms with Gasteiger partial charge in [0.1, 0.15) is 11.5 Å². The normalized spacial score (nSPS) is 10.4. The fraction of sp³-hybridized carbons (Fsp3) is 0.375. The van der Waals surface area contributed by atoms with Crippen LogP contribution in [0.15, 0.2) is 24.3 Å². The van der Waals surface area contributed by atoms with E-state index in [-0.39, 0.29) is 0 Å². The maximum atomic E-state index is 5.56. The summed E-state index contributed by atoms with van der Waals surface area (Å²) in [4.78, 5) is 9.06. The predicted octanol–water partition coefficient (Wildman–Crippen LogP) is 3.56. The molecular weight excluding hydrogens is 252 g/mol. The van der Waals surface area contributed by atoms with Gasteiger partial charge in [-0.3, -0.25) is 9.97 Å². The molecule has 0 fully saturated rings. The molecule has 0 amide bonds. The van der Waals surface area contributed by atoms with E-state index in [2.05, 4.69) is 9.97 Å². The third-order valence-corrected chi connectivity index (χ3v) is 2.74. The first-order valence-electron chi connectivity index (χ1n) is 6.85. The average molecular weight is 272 g/mol. The SMILES string of the molecule is CCOc1cc(C)nc(-c2cc(OCC)cc(C)n2)c1. The first-order valence-corrected chi connectivity index (χ1v) is 6.85. The minimum atomic E-state index is 0.633. The van der Waals surface area contributed by atoms with Gasteiger partial charge in [-0.05, 0) is 27.7 Å². The van der Waals surface area contributed by atoms with Crippen molar-refractivity contribution in [2.45, 2.75) is 27.7 Å². The summed E-state index contributed by atoms with van der Waals surface area (Å²) in [7, 11) is 0. The molecule has 0 bridgehead atoms. The molecule has 20 heavy (non-hydrogen) atoms. The van der Waals surface area contributed by atoms with Crippen molar-refractivity contribution in [2.24, 2.45) is 0 Å². The van der Waals surface area contributed by atoms with E-state index in [1.807, 2.05) is 52.0 Å². The summed E-state index contributed by atoms with van der Waals surface area (Å²) >= 11 is 0. The van der Waals surface area contributed by atoms with E-state index in [1.54, 1.807) is 0 Å². The fourth-order valence-electron chi connectivity index (χ4n) is 2.04. The van der Waals surface area contributed by atoms with Crippen molar-refractivity contribution in [3.8, 4) is 22.9 Å². The summed E-state index contributed by atoms with van der Waals surface area (Å²) in [5.41, 5.74) is 3.43. The highest BCUT2D eigenvalue weighted by Crippen LogP contribution is 2.25. The van der Waals surface area contributed by atoms with Gasteiger partial charge in [-0.1, -0.05) is 0 Å². The Morgan fingerprint density at radius 3 is 1.50 bits per heavy atom. The zero-order chi connectivity index (χ0) is 14.5. The molecule has 0 aliphatic rings. The summed E-state index contributed by atoms with van der Waals surface area (Å²) in [6.45, 7) is 9.10. The number of rotatable bonds is 5. The van der Waals surface area contributed by atoms with E-state index < -0.39 is 0 Å². The standard InChI is InChI=1S/C16H20N2O2/c1-5-19-13-7-11(3)17-15(9-13)16-10-14(20-6-2)8-12(4)18-16/h7-10H,5-6H2,1-4H3. The minimum absolute atomic E-state index is 0.633. The lowest BCUT2D eigenvalue weighted by atomic mass is 10.2. The first kappa shape index (κ1) is 14.3. The number of hydrogen-bond acceptors (Lipinski definition) is 4. The maximum absolute atomic E-state index is 5.56. The molecule has 0 saturated carbocycles. The number of hydrogen-bond donors (Lipinski definition) is 0. The molecule has 0 atom stereocenters. The van der Waals surface area contributed by atoms with Crippen LogP contribution in [0.1, 0.15) is 25.2 Å². The van der Waals surface area contributed by atoms with Crippen LogP contribution in [0.4, 0.5) is 0 Å². The number of aryl methyl sites for hydroxylation is 2. The Bertz CT molecular complexity index is 544. The molecule has 4 heteroatoms. The molecule has 4 nitrogen and oxygen atoms in total. The van der Waals surface area contributed by atoms with Crippen molar-refractivity contribution in [1.29, 1.82) is 0 Å². The number of pyridine rings is 2. The van der Waals surface area contributed by atoms with Crippen molar-refractivity contribution in [3.63, 3.8) is 0 Å². The molecule has 0 aromatic carbocycles. The summed E-state index contributed by atoms with van der Waals surface area (Å²) in [5, 5.41) is 0. The lowest BCUT2D eigenvalue weighted by molar-refractivity contribution is 0.339. The van der Waals surface area contributed by atoms with Crippen molar-refractivity contribution in [2.75, 3.05) is 13.2 Å². The molecule has 0 aliphatic heterocycles. The van der Waals surface area contributed by atoms with Crippen LogP contribution in [-0.2, 0) is 0 Å². The molecule has 0 radical (unpaired) electrons. The smallest absolute Gasteiger partial charge is 0.123 e. The van der Waals surface area contributed by atoms with Gasteiger partial charge in [0.05, 0.1) is 24.6 Å². The van der Waals surface area contributed by atoms with Crippen molar-refractivity contribution in [3.05, 3.63) is 35.7 Å². The van der Waals surface area contributed by atoms with Crippen molar-refractivity contribution in [1.82, 2.24) is 9.97 Å². The lowest BCUT2D eigenvalue weighted by Gasteiger charge is -2.10. The Morgan fingerprint density at radius 1 is 0.750 bits per heavy atom. The van der Waals surface area contributed by atoms with Gasteiger partial charge in [-0.25, -0.2) is 0 Å². The number of nitrogens with zero attached hydrogens (tertiary/aromatic N) is 2. The topological polar surface area (TPSA) is 44.2 Å². The van der Waals surface area contributed by atoms with E-state index in [0.717, 1.165) is 34.3 Å². The van der Waals surface area contributed by atoms with Crippen LogP contribution in [0.3, 0.4) is 0 Å². The number of aromatic nitrogens is 2. The summed E-state index contributed by atoms with van der Waals surface area (Å²) < 4.78 is 11.1. The van der Waals surface area contributed by atoms with Crippen LogP contribution >= 0.6 is 0 Å². The minimum Gasteiger partial charge on any atom is -0.494 e. The Balaban J connectivity index is 2.44. The molecule has 2 heterocycles. The Labute approximate surface area is 119 Å². The molecule has 106 valence electrons. The number of ether oxygens (including phenoxy) is 2. The zero-order valence-corrected chi connectivity index (χ0v) is 12.4. The summed E-state index contributed by atoms with van der Waals surface area (Å²) in [5.74, 6) is 1.63. The Kier molecular flexibility index (Phi) is 4.56. The van der Waals surface area contributed by atoms with Crippen LogP contribution in [0, 0.1) is 13.8 Å². The van der Waals surface area contributed by atoms with Gasteiger partial charge >= 0.3 is 0 Å². The second kappa shape index (κ2) is 6.37. The molecule has 0 aliphatic carbocycles. The highest BCUT2D eigenvalue weighted by Gasteiger charge is 2.08. The molecule has 0 N–H and O–H groups in total. The Morgan fingerprint density at radius 2 is 1.15 bits per heavy atom. The lowest BCUT2D eigenvalue weighted by Crippen LogP contribution is -1.98. The average Bonchev–Trinajstić information content (AvgIpc) is 2.38. The summed E-state index contributed by atoms with van der Waals surface area (Å²) in [6, 6.07) is 7.67. The molecule has 2 aromatic heterocycles. The third-order valence-electron chi connectivity index (χ3n) is 2.74. The maximum Gasteiger partial charge on any atom is 0.123 e. The second-order valence-corrected chi connectivity index (χ2v) is 4.52. The molecule has 0 saturated heterocycles. The molecule has 2 aromatic rings. The first-order chi connectivity index (χ1) is 9.62. The van der Waals surface area contributed by atoms with Crippen LogP contribution < -0.4 is 9.47 Å². The zero-order valence-electron chi connectivity index (χ0n) is 12.4. The highest BCUT2D eigenvalue weighted by molar-refractivity contribution is 5.59. The molecule has 0 spiro atoms. The third kappa shape index (κ3) is 3.47. The largest absolute Gasteiger partial charge is 0.494 e. The van der Waals surface area contributed by atoms with Gasteiger partial charge in [0.25, 0.3) is 0 Å². The van der Waals surface area contributed by atoms with Crippen LogP contribution in [0.5, 0.6) is 11.5 Å². The van der Waals surface area contributed by atoms with Crippen LogP contribution in [0.2, 0.25) is 0 Å². The Hall–Kier alpha value is -2.10. The predicted molar refractivity (Wildman–Crippen MR) is 79.3 cm³/mol. The van der Waals surface area contributed by atoms with Crippen molar-refractivity contribution >= 4 is 0 Å². The van der Waals surface area contributed by atoms with Crippen LogP contribution in [-0.4, -0.2) is 23.2 Å². The van der Waals surface area contributed by atoms with Gasteiger partial charge in [0.15, 0.2) is 0 Å². The summed E-state index contributed by atoms with van der Waals surface area (Å²) in [6.07, 6.45) is 0. The van der Waals surface area contributed by atoms with Gasteiger partial charge in [0, 0.05) is 35.7 Å². The van der Waals surface area contributed by atoms with Crippen LogP contribution in [0.25, 0.3) is 11.4 Å². The van der Waals surface area contributed by atoms with Gasteiger partial charge < -0.3 is 9.47 Å². The van der Waals surface area contributed by atoms with E-state index in [1.165, 1.54) is 0 Å². The molecule has 0 unspecified atom stereocenters. The van der Waals surface area contributed by atoms with E-state index in [0.29, 0.717) is 13.2 Å². The quantitative estimate of drug-likeness (QED) is 0.834. The van der Waals surface area contributed by atoms with Gasteiger partial charge in [-0.2, -0.15) is 0 Å². The van der Waals surface area contributed by atoms with Gasteiger partial charge in [-0.15, -0.1) is 0 Å². The molecule has 2 rings (SSSR count). The van der Waals surface area contributed by atoms with Gasteiger partial charge in [0.2, 0.25) is 0 Å². The second-order valence-electron chi connectivity index (χ2n) is 4.52. The van der Waals surface area contributed by atoms with E-state index in [9.17, 15) is 0 Å². The monoisotopic (exact) mass is 272 g/mol. The molecular formula is C16H20N2O2. The van der Waals surface area contributed by atoms with E-state index >= 15 is 0 Å². The van der Waals surface area contributed by atoms with E-state index in [4.69, 9.17) is 9.47 Å². The highest BCUT2D eigenvalue weighted by atomic mass is 16.5.